The lowest BCUT2D eigenvalue weighted by atomic mass is 10.3. The van der Waals surface area contributed by atoms with Crippen molar-refractivity contribution in [1.82, 2.24) is 9.97 Å². The van der Waals surface area contributed by atoms with Gasteiger partial charge in [-0.1, -0.05) is 0 Å². The molecule has 0 spiro atoms. The third-order valence-corrected chi connectivity index (χ3v) is 2.16. The maximum absolute atomic E-state index is 11.5. The molecule has 0 aliphatic rings. The minimum atomic E-state index is -0.760. The van der Waals surface area contributed by atoms with Crippen LogP contribution < -0.4 is 16.5 Å². The summed E-state index contributed by atoms with van der Waals surface area (Å²) in [5.74, 6) is -0.433. The largest absolute Gasteiger partial charge is 0.404 e. The van der Waals surface area contributed by atoms with Crippen molar-refractivity contribution in [3.05, 3.63) is 31.6 Å². The molecule has 0 unspecified atom stereocenters. The maximum atomic E-state index is 11.5. The molecule has 88 valence electrons. The Morgan fingerprint density at radius 1 is 1.41 bits per heavy atom. The number of aromatic amines is 2. The van der Waals surface area contributed by atoms with Crippen LogP contribution in [0, 0.1) is 4.77 Å². The van der Waals surface area contributed by atoms with Crippen LogP contribution in [0.2, 0.25) is 0 Å². The minimum Gasteiger partial charge on any atom is -0.404 e. The van der Waals surface area contributed by atoms with E-state index in [-0.39, 0.29) is 21.6 Å². The summed E-state index contributed by atoms with van der Waals surface area (Å²) in [4.78, 5) is 38.7. The van der Waals surface area contributed by atoms with Crippen molar-refractivity contribution in [1.29, 1.82) is 0 Å². The van der Waals surface area contributed by atoms with E-state index in [9.17, 15) is 14.4 Å². The molecule has 0 atom stereocenters. The number of fused-ring (bicyclic) bond motifs is 1. The predicted molar refractivity (Wildman–Crippen MR) is 62.6 cm³/mol. The number of hydrogen-bond acceptors (Lipinski definition) is 5. The lowest BCUT2D eigenvalue weighted by molar-refractivity contribution is -0.114. The van der Waals surface area contributed by atoms with Gasteiger partial charge in [-0.05, 0) is 18.3 Å². The Bertz CT molecular complexity index is 770. The number of hydrogen-bond donors (Lipinski definition) is 3. The third kappa shape index (κ3) is 2.16. The molecule has 17 heavy (non-hydrogen) atoms. The Morgan fingerprint density at radius 3 is 2.76 bits per heavy atom. The molecule has 1 amide bonds. The van der Waals surface area contributed by atoms with E-state index >= 15 is 0 Å². The number of rotatable bonds is 1. The second-order valence-electron chi connectivity index (χ2n) is 3.28. The zero-order valence-corrected chi connectivity index (χ0v) is 9.44. The molecule has 0 saturated carbocycles. The van der Waals surface area contributed by atoms with Gasteiger partial charge in [-0.15, -0.1) is 0 Å². The zero-order valence-electron chi connectivity index (χ0n) is 8.62. The molecule has 0 aliphatic carbocycles. The molecule has 0 bridgehead atoms. The van der Waals surface area contributed by atoms with E-state index in [0.29, 0.717) is 0 Å². The molecule has 0 saturated heterocycles. The van der Waals surface area contributed by atoms with Crippen LogP contribution in [0.3, 0.4) is 0 Å². The van der Waals surface area contributed by atoms with Gasteiger partial charge < -0.3 is 14.7 Å². The first-order valence-electron chi connectivity index (χ1n) is 4.55. The van der Waals surface area contributed by atoms with Crippen LogP contribution >= 0.6 is 12.2 Å². The van der Waals surface area contributed by atoms with Crippen LogP contribution in [-0.4, -0.2) is 15.9 Å². The number of anilines is 1. The van der Waals surface area contributed by atoms with Gasteiger partial charge in [-0.2, -0.15) is 0 Å². The standard InChI is InChI=1S/C9H7N3O4S/c1-3(13)10-5-2-4-6(14)11-9(17)12-7(4)16-8(5)15/h2H,1H3,(H,10,13)(H2,11,12,14,17). The molecular formula is C9H7N3O4S. The highest BCUT2D eigenvalue weighted by Gasteiger charge is 2.09. The van der Waals surface area contributed by atoms with Gasteiger partial charge in [0.1, 0.15) is 11.1 Å². The summed E-state index contributed by atoms with van der Waals surface area (Å²) in [6, 6.07) is 1.23. The van der Waals surface area contributed by atoms with Crippen molar-refractivity contribution in [2.45, 2.75) is 6.92 Å². The fourth-order valence-corrected chi connectivity index (χ4v) is 1.50. The molecule has 0 aromatic carbocycles. The highest BCUT2D eigenvalue weighted by atomic mass is 32.1. The van der Waals surface area contributed by atoms with Crippen LogP contribution in [0.4, 0.5) is 5.69 Å². The average Bonchev–Trinajstić information content (AvgIpc) is 2.19. The molecular weight excluding hydrogens is 246 g/mol. The van der Waals surface area contributed by atoms with Crippen LogP contribution in [0.15, 0.2) is 20.1 Å². The van der Waals surface area contributed by atoms with E-state index < -0.39 is 17.1 Å². The van der Waals surface area contributed by atoms with Crippen molar-refractivity contribution in [2.24, 2.45) is 0 Å². The summed E-state index contributed by atoms with van der Waals surface area (Å²) >= 11 is 4.73. The van der Waals surface area contributed by atoms with Gasteiger partial charge in [0.05, 0.1) is 0 Å². The summed E-state index contributed by atoms with van der Waals surface area (Å²) in [7, 11) is 0. The Hall–Kier alpha value is -2.22. The van der Waals surface area contributed by atoms with Gasteiger partial charge in [0, 0.05) is 6.92 Å². The molecule has 2 aromatic rings. The van der Waals surface area contributed by atoms with Gasteiger partial charge in [-0.3, -0.25) is 14.6 Å². The first-order chi connectivity index (χ1) is 7.97. The van der Waals surface area contributed by atoms with Gasteiger partial charge >= 0.3 is 5.63 Å². The SMILES string of the molecule is CC(=O)Nc1cc2c(=O)[nH]c(=S)[nH]c2oc1=O. The Kier molecular flexibility index (Phi) is 2.64. The summed E-state index contributed by atoms with van der Waals surface area (Å²) in [5, 5.41) is 2.37. The van der Waals surface area contributed by atoms with E-state index in [1.807, 2.05) is 0 Å². The van der Waals surface area contributed by atoms with Crippen LogP contribution in [0.25, 0.3) is 11.1 Å². The number of carbonyl (C=O) groups excluding carboxylic acids is 1. The summed E-state index contributed by atoms with van der Waals surface area (Å²) in [5.41, 5.74) is -1.39. The van der Waals surface area contributed by atoms with Gasteiger partial charge in [0.15, 0.2) is 4.77 Å². The van der Waals surface area contributed by atoms with Crippen molar-refractivity contribution >= 4 is 34.9 Å². The topological polar surface area (TPSA) is 108 Å². The molecule has 8 heteroatoms. The van der Waals surface area contributed by atoms with E-state index in [1.165, 1.54) is 13.0 Å². The number of aromatic nitrogens is 2. The summed E-state index contributed by atoms with van der Waals surface area (Å²) < 4.78 is 4.90. The zero-order chi connectivity index (χ0) is 12.6. The molecule has 0 fully saturated rings. The van der Waals surface area contributed by atoms with Crippen molar-refractivity contribution < 1.29 is 9.21 Å². The highest BCUT2D eigenvalue weighted by molar-refractivity contribution is 7.71. The predicted octanol–water partition coefficient (Wildman–Crippen LogP) is 0.497. The first kappa shape index (κ1) is 11.3. The Balaban J connectivity index is 2.81. The molecule has 0 aliphatic heterocycles. The number of amides is 1. The Morgan fingerprint density at radius 2 is 2.12 bits per heavy atom. The summed E-state index contributed by atoms with van der Waals surface area (Å²) in [6.45, 7) is 1.24. The molecule has 2 heterocycles. The molecule has 2 aromatic heterocycles. The molecule has 3 N–H and O–H groups in total. The van der Waals surface area contributed by atoms with E-state index in [2.05, 4.69) is 15.3 Å². The minimum absolute atomic E-state index is 0.0298. The Labute approximate surface area is 98.5 Å². The number of nitrogens with one attached hydrogen (secondary N) is 3. The van der Waals surface area contributed by atoms with E-state index in [0.717, 1.165) is 0 Å². The van der Waals surface area contributed by atoms with Gasteiger partial charge in [0.25, 0.3) is 5.56 Å². The molecule has 0 radical (unpaired) electrons. The van der Waals surface area contributed by atoms with Gasteiger partial charge in [-0.25, -0.2) is 4.79 Å². The normalized spacial score (nSPS) is 10.4. The highest BCUT2D eigenvalue weighted by Crippen LogP contribution is 2.08. The lowest BCUT2D eigenvalue weighted by Crippen LogP contribution is -2.17. The van der Waals surface area contributed by atoms with Crippen molar-refractivity contribution in [2.75, 3.05) is 5.32 Å². The van der Waals surface area contributed by atoms with Crippen molar-refractivity contribution in [3.63, 3.8) is 0 Å². The van der Waals surface area contributed by atoms with Gasteiger partial charge in [0.2, 0.25) is 11.6 Å². The molecule has 7 nitrogen and oxygen atoms in total. The number of carbonyl (C=O) groups is 1. The molecule has 2 rings (SSSR count). The smallest absolute Gasteiger partial charge is 0.361 e. The lowest BCUT2D eigenvalue weighted by Gasteiger charge is -2.01. The van der Waals surface area contributed by atoms with Crippen LogP contribution in [-0.2, 0) is 4.79 Å². The van der Waals surface area contributed by atoms with E-state index in [4.69, 9.17) is 16.6 Å². The van der Waals surface area contributed by atoms with Crippen LogP contribution in [0.5, 0.6) is 0 Å². The fourth-order valence-electron chi connectivity index (χ4n) is 1.31. The monoisotopic (exact) mass is 253 g/mol. The second-order valence-corrected chi connectivity index (χ2v) is 3.69. The van der Waals surface area contributed by atoms with E-state index in [1.54, 1.807) is 0 Å². The van der Waals surface area contributed by atoms with Crippen molar-refractivity contribution in [3.8, 4) is 0 Å². The number of H-pyrrole nitrogens is 2. The summed E-state index contributed by atoms with van der Waals surface area (Å²) in [6.07, 6.45) is 0. The average molecular weight is 253 g/mol. The second kappa shape index (κ2) is 3.98. The first-order valence-corrected chi connectivity index (χ1v) is 4.96. The maximum Gasteiger partial charge on any atom is 0.361 e. The van der Waals surface area contributed by atoms with Crippen LogP contribution in [0.1, 0.15) is 6.92 Å². The fraction of sp³-hybridized carbons (Fsp3) is 0.111. The quantitative estimate of drug-likeness (QED) is 0.641. The third-order valence-electron chi connectivity index (χ3n) is 1.96.